The predicted molar refractivity (Wildman–Crippen MR) is 122 cm³/mol. The van der Waals surface area contributed by atoms with E-state index in [1.165, 1.54) is 0 Å². The van der Waals surface area contributed by atoms with Crippen molar-refractivity contribution in [1.82, 2.24) is 0 Å². The van der Waals surface area contributed by atoms with Crippen LogP contribution in [0.3, 0.4) is 0 Å². The molecule has 1 saturated heterocycles. The van der Waals surface area contributed by atoms with Crippen LogP contribution in [0.15, 0.2) is 11.6 Å². The first-order valence-corrected chi connectivity index (χ1v) is 13.3. The van der Waals surface area contributed by atoms with Crippen molar-refractivity contribution in [2.24, 2.45) is 28.6 Å². The second kappa shape index (κ2) is 8.44. The minimum absolute atomic E-state index is 0.130. The molecule has 0 amide bonds. The predicted octanol–water partition coefficient (Wildman–Crippen LogP) is -0.627. The topological polar surface area (TPSA) is 166 Å². The zero-order chi connectivity index (χ0) is 25.6. The van der Waals surface area contributed by atoms with Crippen LogP contribution in [0.1, 0.15) is 51.9 Å². The highest BCUT2D eigenvalue weighted by Crippen LogP contribution is 2.72. The van der Waals surface area contributed by atoms with Gasteiger partial charge in [-0.15, -0.1) is 0 Å². The normalized spacial score (nSPS) is 55.9. The Morgan fingerprint density at radius 2 is 1.81 bits per heavy atom. The van der Waals surface area contributed by atoms with Gasteiger partial charge >= 0.3 is 5.97 Å². The molecule has 4 saturated carbocycles. The third-order valence-corrected chi connectivity index (χ3v) is 11.0. The van der Waals surface area contributed by atoms with Crippen molar-refractivity contribution < 1.29 is 49.6 Å². The Morgan fingerprint density at radius 3 is 2.53 bits per heavy atom. The van der Waals surface area contributed by atoms with E-state index in [9.17, 15) is 35.4 Å². The maximum atomic E-state index is 12.0. The summed E-state index contributed by atoms with van der Waals surface area (Å²) in [4.78, 5) is 12.0. The molecule has 202 valence electrons. The molecule has 6 rings (SSSR count). The number of hydrogen-bond donors (Lipinski definition) is 6. The molecule has 0 aromatic rings. The van der Waals surface area contributed by atoms with E-state index in [0.29, 0.717) is 19.3 Å². The lowest BCUT2D eigenvalue weighted by Gasteiger charge is -2.61. The minimum atomic E-state index is -1.61. The molecule has 6 aliphatic rings. The summed E-state index contributed by atoms with van der Waals surface area (Å²) in [5, 5.41) is 63.3. The largest absolute Gasteiger partial charge is 0.455 e. The monoisotopic (exact) mass is 510 g/mol. The summed E-state index contributed by atoms with van der Waals surface area (Å²) in [5.41, 5.74) is -0.949. The number of carbonyl (C=O) groups is 1. The molecule has 13 atom stereocenters. The quantitative estimate of drug-likeness (QED) is 0.268. The van der Waals surface area contributed by atoms with Crippen LogP contribution < -0.4 is 0 Å². The number of rotatable bonds is 4. The van der Waals surface area contributed by atoms with Gasteiger partial charge in [-0.2, -0.15) is 0 Å². The third kappa shape index (κ3) is 3.16. The van der Waals surface area contributed by atoms with Gasteiger partial charge in [0.1, 0.15) is 36.1 Å². The van der Waals surface area contributed by atoms with E-state index >= 15 is 0 Å². The number of hydrogen-bond acceptors (Lipinski definition) is 10. The Labute approximate surface area is 209 Å². The van der Waals surface area contributed by atoms with Crippen LogP contribution in [0.4, 0.5) is 0 Å². The van der Waals surface area contributed by atoms with Gasteiger partial charge in [0.25, 0.3) is 0 Å². The van der Waals surface area contributed by atoms with Crippen molar-refractivity contribution in [2.75, 3.05) is 13.2 Å². The highest BCUT2D eigenvalue weighted by atomic mass is 16.7. The summed E-state index contributed by atoms with van der Waals surface area (Å²) in [7, 11) is 0. The summed E-state index contributed by atoms with van der Waals surface area (Å²) >= 11 is 0. The Hall–Kier alpha value is -1.11. The SMILES string of the molecule is C[C@@]12CC[C@H]3OC(=O)C=C3[C@H]1CC[C@@]13C[C@@H](CC[C@@H]21)[C@](CO)(O[C@@H]1O[C@H](CO)[C@@H](O)[C@H](O)[C@H]1O)[C@@H]3O. The number of aliphatic hydroxyl groups is 6. The van der Waals surface area contributed by atoms with Crippen LogP contribution in [0.25, 0.3) is 0 Å². The van der Waals surface area contributed by atoms with Gasteiger partial charge < -0.3 is 44.8 Å². The average molecular weight is 511 g/mol. The van der Waals surface area contributed by atoms with Gasteiger partial charge in [-0.05, 0) is 73.7 Å². The minimum Gasteiger partial charge on any atom is -0.455 e. The van der Waals surface area contributed by atoms with E-state index in [4.69, 9.17) is 14.2 Å². The maximum absolute atomic E-state index is 12.0. The summed E-state index contributed by atoms with van der Waals surface area (Å²) in [6.45, 7) is 1.20. The fourth-order valence-corrected chi connectivity index (χ4v) is 9.33. The van der Waals surface area contributed by atoms with Crippen molar-refractivity contribution in [3.63, 3.8) is 0 Å². The molecule has 10 heteroatoms. The molecule has 0 unspecified atom stereocenters. The zero-order valence-corrected chi connectivity index (χ0v) is 20.5. The van der Waals surface area contributed by atoms with Crippen molar-refractivity contribution in [1.29, 1.82) is 0 Å². The van der Waals surface area contributed by atoms with Gasteiger partial charge in [0, 0.05) is 11.5 Å². The summed E-state index contributed by atoms with van der Waals surface area (Å²) in [6.07, 6.45) is -1.40. The Bertz CT molecular complexity index is 938. The highest BCUT2D eigenvalue weighted by molar-refractivity contribution is 5.86. The fraction of sp³-hybridized carbons (Fsp3) is 0.885. The average Bonchev–Trinajstić information content (AvgIpc) is 3.32. The van der Waals surface area contributed by atoms with Crippen molar-refractivity contribution in [3.8, 4) is 0 Å². The van der Waals surface area contributed by atoms with Gasteiger partial charge in [0.2, 0.25) is 0 Å². The molecule has 2 heterocycles. The first-order valence-electron chi connectivity index (χ1n) is 13.3. The van der Waals surface area contributed by atoms with E-state index in [-0.39, 0.29) is 35.2 Å². The number of aliphatic hydroxyl groups excluding tert-OH is 6. The lowest BCUT2D eigenvalue weighted by Crippen LogP contribution is -2.64. The Balaban J connectivity index is 1.31. The lowest BCUT2D eigenvalue weighted by atomic mass is 9.44. The van der Waals surface area contributed by atoms with Crippen LogP contribution >= 0.6 is 0 Å². The van der Waals surface area contributed by atoms with Crippen LogP contribution in [0, 0.1) is 28.6 Å². The second-order valence-corrected chi connectivity index (χ2v) is 12.3. The van der Waals surface area contributed by atoms with Gasteiger partial charge in [-0.25, -0.2) is 4.79 Å². The first-order chi connectivity index (χ1) is 17.1. The van der Waals surface area contributed by atoms with Crippen LogP contribution in [-0.2, 0) is 19.0 Å². The standard InChI is InChI=1S/C26H38O10/c1-24-6-5-15-13(8-18(29)34-15)14(24)4-7-25-9-12(2-3-17(24)25)26(11-28,23(25)33)36-22-21(32)20(31)19(30)16(10-27)35-22/h8,12,14-17,19-23,27-28,30-33H,2-7,9-11H2,1H3/t12-,14-,15-,16-,17+,19-,20+,21-,22+,23-,24-,25-,26+/m1/s1. The molecule has 0 aromatic carbocycles. The van der Waals surface area contributed by atoms with E-state index < -0.39 is 61.0 Å². The molecule has 6 N–H and O–H groups in total. The van der Waals surface area contributed by atoms with Crippen molar-refractivity contribution in [2.45, 2.75) is 100 Å². The van der Waals surface area contributed by atoms with E-state index in [1.807, 2.05) is 0 Å². The molecule has 2 aliphatic heterocycles. The molecule has 0 aromatic heterocycles. The zero-order valence-electron chi connectivity index (χ0n) is 20.5. The first kappa shape index (κ1) is 25.2. The molecule has 0 radical (unpaired) electrons. The molecule has 36 heavy (non-hydrogen) atoms. The summed E-state index contributed by atoms with van der Waals surface area (Å²) in [6, 6.07) is 0. The molecule has 1 spiro atoms. The molecular formula is C26H38O10. The number of ether oxygens (including phenoxy) is 3. The summed E-state index contributed by atoms with van der Waals surface area (Å²) in [5.74, 6) is -0.0958. The smallest absolute Gasteiger partial charge is 0.331 e. The van der Waals surface area contributed by atoms with E-state index in [0.717, 1.165) is 31.3 Å². The second-order valence-electron chi connectivity index (χ2n) is 12.3. The van der Waals surface area contributed by atoms with Gasteiger partial charge in [-0.3, -0.25) is 0 Å². The number of carbonyl (C=O) groups excluding carboxylic acids is 1. The van der Waals surface area contributed by atoms with Crippen molar-refractivity contribution in [3.05, 3.63) is 11.6 Å². The van der Waals surface area contributed by atoms with E-state index in [1.54, 1.807) is 6.08 Å². The lowest BCUT2D eigenvalue weighted by molar-refractivity contribution is -0.345. The van der Waals surface area contributed by atoms with E-state index in [2.05, 4.69) is 6.92 Å². The van der Waals surface area contributed by atoms with Crippen molar-refractivity contribution >= 4 is 5.97 Å². The van der Waals surface area contributed by atoms with Gasteiger partial charge in [0.15, 0.2) is 6.29 Å². The Morgan fingerprint density at radius 1 is 1.03 bits per heavy atom. The Kier molecular flexibility index (Phi) is 5.91. The molecule has 10 nitrogen and oxygen atoms in total. The summed E-state index contributed by atoms with van der Waals surface area (Å²) < 4.78 is 17.4. The van der Waals surface area contributed by atoms with Gasteiger partial charge in [0.05, 0.1) is 19.3 Å². The molecular weight excluding hydrogens is 472 g/mol. The number of esters is 1. The molecule has 5 fully saturated rings. The van der Waals surface area contributed by atoms with Crippen LogP contribution in [0.5, 0.6) is 0 Å². The maximum Gasteiger partial charge on any atom is 0.331 e. The fourth-order valence-electron chi connectivity index (χ4n) is 9.33. The van der Waals surface area contributed by atoms with Gasteiger partial charge in [-0.1, -0.05) is 6.92 Å². The number of fused-ring (bicyclic) bond motifs is 5. The van der Waals surface area contributed by atoms with Crippen LogP contribution in [-0.4, -0.2) is 98.3 Å². The van der Waals surface area contributed by atoms with Crippen LogP contribution in [0.2, 0.25) is 0 Å². The highest BCUT2D eigenvalue weighted by Gasteiger charge is 2.72. The third-order valence-electron chi connectivity index (χ3n) is 11.0. The molecule has 2 bridgehead atoms. The molecule has 4 aliphatic carbocycles.